The number of hydrazine groups is 1. The molecule has 1 aliphatic carbocycles. The SMILES string of the molecule is CNc1nc(SC)nc(NNC(=O)[C@@H](CNC(=O)O)CC2CCCC2)c1F. The Hall–Kier alpha value is -2.30. The van der Waals surface area contributed by atoms with E-state index >= 15 is 0 Å². The molecule has 5 N–H and O–H groups in total. The zero-order chi connectivity index (χ0) is 19.8. The van der Waals surface area contributed by atoms with Gasteiger partial charge in [-0.25, -0.2) is 14.8 Å². The Morgan fingerprint density at radius 2 is 1.96 bits per heavy atom. The van der Waals surface area contributed by atoms with Gasteiger partial charge >= 0.3 is 6.09 Å². The molecule has 0 aromatic carbocycles. The van der Waals surface area contributed by atoms with Gasteiger partial charge in [-0.1, -0.05) is 37.4 Å². The van der Waals surface area contributed by atoms with Crippen molar-refractivity contribution in [3.05, 3.63) is 5.82 Å². The molecule has 9 nitrogen and oxygen atoms in total. The van der Waals surface area contributed by atoms with Crippen LogP contribution in [0.4, 0.5) is 20.8 Å². The Kier molecular flexibility index (Phi) is 7.89. The van der Waals surface area contributed by atoms with E-state index in [1.54, 1.807) is 6.26 Å². The average molecular weight is 400 g/mol. The van der Waals surface area contributed by atoms with Crippen LogP contribution in [0, 0.1) is 17.7 Å². The first kappa shape index (κ1) is 21.0. The molecule has 0 bridgehead atoms. The van der Waals surface area contributed by atoms with E-state index in [0.717, 1.165) is 25.7 Å². The first-order valence-corrected chi connectivity index (χ1v) is 9.99. The fourth-order valence-electron chi connectivity index (χ4n) is 3.13. The lowest BCUT2D eigenvalue weighted by Gasteiger charge is -2.20. The summed E-state index contributed by atoms with van der Waals surface area (Å²) in [5, 5.41) is 14.1. The average Bonchev–Trinajstić information content (AvgIpc) is 3.17. The molecule has 1 atom stereocenters. The highest BCUT2D eigenvalue weighted by molar-refractivity contribution is 7.98. The van der Waals surface area contributed by atoms with Crippen molar-refractivity contribution in [2.45, 2.75) is 37.3 Å². The molecule has 27 heavy (non-hydrogen) atoms. The molecule has 0 aliphatic heterocycles. The van der Waals surface area contributed by atoms with Gasteiger partial charge in [0.2, 0.25) is 11.7 Å². The number of halogens is 1. The molecule has 1 aliphatic rings. The van der Waals surface area contributed by atoms with Crippen LogP contribution in [-0.2, 0) is 4.79 Å². The fraction of sp³-hybridized carbons (Fsp3) is 0.625. The maximum atomic E-state index is 14.3. The Morgan fingerprint density at radius 1 is 1.30 bits per heavy atom. The van der Waals surface area contributed by atoms with Crippen molar-refractivity contribution in [3.63, 3.8) is 0 Å². The lowest BCUT2D eigenvalue weighted by Crippen LogP contribution is -2.41. The van der Waals surface area contributed by atoms with Crippen LogP contribution in [0.15, 0.2) is 5.16 Å². The van der Waals surface area contributed by atoms with Crippen LogP contribution in [-0.4, -0.2) is 46.9 Å². The van der Waals surface area contributed by atoms with Crippen LogP contribution in [0.3, 0.4) is 0 Å². The Bertz CT molecular complexity index is 672. The Morgan fingerprint density at radius 3 is 2.56 bits per heavy atom. The number of aromatic nitrogens is 2. The number of hydrogen-bond donors (Lipinski definition) is 5. The highest BCUT2D eigenvalue weighted by Gasteiger charge is 2.26. The standard InChI is InChI=1S/C16H25FN6O3S/c1-18-12-11(17)13(21-15(20-12)27-2)22-23-14(24)10(8-19-16(25)26)7-9-5-3-4-6-9/h9-10,19H,3-8H2,1-2H3,(H,23,24)(H,25,26)(H2,18,20,21,22)/t10-/m1/s1. The molecule has 11 heteroatoms. The maximum Gasteiger partial charge on any atom is 0.404 e. The third-order valence-corrected chi connectivity index (χ3v) is 5.06. The van der Waals surface area contributed by atoms with Crippen molar-refractivity contribution in [1.82, 2.24) is 20.7 Å². The molecule has 0 saturated heterocycles. The third-order valence-electron chi connectivity index (χ3n) is 4.52. The topological polar surface area (TPSA) is 128 Å². The van der Waals surface area contributed by atoms with Gasteiger partial charge in [-0.3, -0.25) is 15.6 Å². The number of amides is 2. The lowest BCUT2D eigenvalue weighted by atomic mass is 9.92. The van der Waals surface area contributed by atoms with Gasteiger partial charge in [0.15, 0.2) is 16.8 Å². The highest BCUT2D eigenvalue weighted by Crippen LogP contribution is 2.30. The maximum absolute atomic E-state index is 14.3. The number of carbonyl (C=O) groups is 2. The Labute approximate surface area is 161 Å². The summed E-state index contributed by atoms with van der Waals surface area (Å²) in [6.07, 6.45) is 5.47. The summed E-state index contributed by atoms with van der Waals surface area (Å²) in [4.78, 5) is 31.3. The van der Waals surface area contributed by atoms with Crippen molar-refractivity contribution in [2.75, 3.05) is 30.6 Å². The molecule has 150 valence electrons. The van der Waals surface area contributed by atoms with E-state index in [1.165, 1.54) is 18.8 Å². The molecule has 2 amide bonds. The monoisotopic (exact) mass is 400 g/mol. The molecule has 0 spiro atoms. The van der Waals surface area contributed by atoms with Gasteiger partial charge in [-0.05, 0) is 18.6 Å². The molecule has 1 aromatic rings. The summed E-state index contributed by atoms with van der Waals surface area (Å²) in [7, 11) is 1.53. The van der Waals surface area contributed by atoms with Gasteiger partial charge in [0.25, 0.3) is 0 Å². The van der Waals surface area contributed by atoms with E-state index in [2.05, 4.69) is 31.5 Å². The van der Waals surface area contributed by atoms with E-state index < -0.39 is 23.7 Å². The van der Waals surface area contributed by atoms with Gasteiger partial charge in [0.05, 0.1) is 5.92 Å². The number of nitrogens with zero attached hydrogens (tertiary/aromatic N) is 2. The first-order valence-electron chi connectivity index (χ1n) is 8.76. The molecule has 1 heterocycles. The minimum atomic E-state index is -1.18. The molecule has 1 aromatic heterocycles. The first-order chi connectivity index (χ1) is 12.9. The summed E-state index contributed by atoms with van der Waals surface area (Å²) in [5.74, 6) is -1.42. The number of thioether (sulfide) groups is 1. The van der Waals surface area contributed by atoms with Crippen LogP contribution >= 0.6 is 11.8 Å². The van der Waals surface area contributed by atoms with Crippen molar-refractivity contribution in [3.8, 4) is 0 Å². The number of carboxylic acid groups (broad SMARTS) is 1. The zero-order valence-electron chi connectivity index (χ0n) is 15.3. The summed E-state index contributed by atoms with van der Waals surface area (Å²) < 4.78 is 14.3. The second-order valence-corrected chi connectivity index (χ2v) is 7.13. The zero-order valence-corrected chi connectivity index (χ0v) is 16.2. The smallest absolute Gasteiger partial charge is 0.404 e. The molecule has 1 saturated carbocycles. The number of nitrogens with one attached hydrogen (secondary N) is 4. The quantitative estimate of drug-likeness (QED) is 0.243. The summed E-state index contributed by atoms with van der Waals surface area (Å²) in [5.41, 5.74) is 4.95. The van der Waals surface area contributed by atoms with Crippen LogP contribution in [0.25, 0.3) is 0 Å². The van der Waals surface area contributed by atoms with Gasteiger partial charge in [0, 0.05) is 13.6 Å². The molecule has 0 unspecified atom stereocenters. The predicted molar refractivity (Wildman–Crippen MR) is 101 cm³/mol. The van der Waals surface area contributed by atoms with E-state index in [-0.39, 0.29) is 18.2 Å². The summed E-state index contributed by atoms with van der Waals surface area (Å²) in [6, 6.07) is 0. The molecule has 0 radical (unpaired) electrons. The van der Waals surface area contributed by atoms with Crippen molar-refractivity contribution >= 4 is 35.4 Å². The van der Waals surface area contributed by atoms with Gasteiger partial charge in [-0.2, -0.15) is 4.39 Å². The minimum Gasteiger partial charge on any atom is -0.465 e. The third kappa shape index (κ3) is 6.12. The predicted octanol–water partition coefficient (Wildman–Crippen LogP) is 2.29. The number of carbonyl (C=O) groups excluding carboxylic acids is 1. The summed E-state index contributed by atoms with van der Waals surface area (Å²) in [6.45, 7) is 0.00340. The summed E-state index contributed by atoms with van der Waals surface area (Å²) >= 11 is 1.24. The van der Waals surface area contributed by atoms with E-state index in [4.69, 9.17) is 5.11 Å². The van der Waals surface area contributed by atoms with E-state index in [1.807, 2.05) is 0 Å². The number of rotatable bonds is 9. The van der Waals surface area contributed by atoms with E-state index in [9.17, 15) is 14.0 Å². The second-order valence-electron chi connectivity index (χ2n) is 6.35. The molecule has 1 fully saturated rings. The van der Waals surface area contributed by atoms with Gasteiger partial charge in [0.1, 0.15) is 0 Å². The minimum absolute atomic E-state index is 0.00340. The molecular weight excluding hydrogens is 375 g/mol. The highest BCUT2D eigenvalue weighted by atomic mass is 32.2. The lowest BCUT2D eigenvalue weighted by molar-refractivity contribution is -0.124. The van der Waals surface area contributed by atoms with E-state index in [0.29, 0.717) is 17.5 Å². The largest absolute Gasteiger partial charge is 0.465 e. The Balaban J connectivity index is 2.04. The van der Waals surface area contributed by atoms with Crippen LogP contribution in [0.5, 0.6) is 0 Å². The number of anilines is 2. The van der Waals surface area contributed by atoms with Crippen LogP contribution < -0.4 is 21.5 Å². The second kappa shape index (κ2) is 10.1. The van der Waals surface area contributed by atoms with Crippen molar-refractivity contribution in [2.24, 2.45) is 11.8 Å². The normalized spacial score (nSPS) is 15.2. The fourth-order valence-corrected chi connectivity index (χ4v) is 3.50. The van der Waals surface area contributed by atoms with Crippen molar-refractivity contribution in [1.29, 1.82) is 0 Å². The van der Waals surface area contributed by atoms with Crippen LogP contribution in [0.2, 0.25) is 0 Å². The molecule has 2 rings (SSSR count). The van der Waals surface area contributed by atoms with Crippen LogP contribution in [0.1, 0.15) is 32.1 Å². The van der Waals surface area contributed by atoms with Gasteiger partial charge in [-0.15, -0.1) is 0 Å². The molecular formula is C16H25FN6O3S. The number of hydrogen-bond acceptors (Lipinski definition) is 7. The van der Waals surface area contributed by atoms with Crippen molar-refractivity contribution < 1.29 is 19.1 Å². The van der Waals surface area contributed by atoms with Gasteiger partial charge < -0.3 is 15.7 Å².